The zero-order valence-corrected chi connectivity index (χ0v) is 22.2. The fourth-order valence-corrected chi connectivity index (χ4v) is 4.14. The maximum absolute atomic E-state index is 14.7. The van der Waals surface area contributed by atoms with E-state index >= 15 is 0 Å². The number of hydrogen-bond donors (Lipinski definition) is 2. The highest BCUT2D eigenvalue weighted by Gasteiger charge is 2.30. The van der Waals surface area contributed by atoms with Crippen molar-refractivity contribution in [2.75, 3.05) is 11.9 Å². The molecule has 1 fully saturated rings. The molecule has 0 aliphatic heterocycles. The lowest BCUT2D eigenvalue weighted by Gasteiger charge is -2.24. The van der Waals surface area contributed by atoms with Crippen LogP contribution in [0.25, 0.3) is 16.6 Å². The summed E-state index contributed by atoms with van der Waals surface area (Å²) in [5.74, 6) is 0.735. The van der Waals surface area contributed by atoms with Crippen molar-refractivity contribution in [3.8, 4) is 17.0 Å². The van der Waals surface area contributed by atoms with Crippen LogP contribution in [-0.4, -0.2) is 39.0 Å². The molecule has 204 valence electrons. The summed E-state index contributed by atoms with van der Waals surface area (Å²) < 4.78 is 33.1. The van der Waals surface area contributed by atoms with Gasteiger partial charge in [0, 0.05) is 23.7 Å². The predicted molar refractivity (Wildman–Crippen MR) is 141 cm³/mol. The number of nitrogens with zero attached hydrogens (tertiary/aromatic N) is 3. The minimum Gasteiger partial charge on any atom is -0.472 e. The number of nitrogens with one attached hydrogen (secondary N) is 2. The number of alkyl carbamates (subject to hydrolysis) is 1. The molecule has 2 N–H and O–H groups in total. The molecule has 10 nitrogen and oxygen atoms in total. The highest BCUT2D eigenvalue weighted by Crippen LogP contribution is 2.35. The van der Waals surface area contributed by atoms with E-state index < -0.39 is 23.6 Å². The van der Waals surface area contributed by atoms with Crippen LogP contribution in [0.4, 0.5) is 15.0 Å². The number of pyridine rings is 1. The Kier molecular flexibility index (Phi) is 6.98. The number of carbonyl (C=O) groups is 2. The monoisotopic (exact) mass is 535 g/mol. The van der Waals surface area contributed by atoms with E-state index in [0.717, 1.165) is 23.9 Å². The van der Waals surface area contributed by atoms with E-state index in [-0.39, 0.29) is 29.9 Å². The van der Waals surface area contributed by atoms with Gasteiger partial charge in [-0.15, -0.1) is 0 Å². The lowest BCUT2D eigenvalue weighted by atomic mass is 10.1. The third-order valence-corrected chi connectivity index (χ3v) is 6.14. The minimum atomic E-state index is -0.860. The van der Waals surface area contributed by atoms with Crippen molar-refractivity contribution in [1.82, 2.24) is 20.1 Å². The molecule has 5 rings (SSSR count). The second kappa shape index (κ2) is 10.4. The summed E-state index contributed by atoms with van der Waals surface area (Å²) in [6.07, 6.45) is 2.88. The Labute approximate surface area is 224 Å². The SMILES string of the molecule is Cc1onc(OC[C@@H](NC(=O)OC(C)(C)C)c2ccccc2F)c1-c1ccn2nc(NC(=O)C3CC3)cc2c1. The van der Waals surface area contributed by atoms with Crippen LogP contribution >= 0.6 is 0 Å². The largest absolute Gasteiger partial charge is 0.472 e. The molecule has 0 bridgehead atoms. The molecule has 1 aliphatic rings. The molecule has 0 spiro atoms. The van der Waals surface area contributed by atoms with E-state index in [4.69, 9.17) is 14.0 Å². The van der Waals surface area contributed by atoms with Crippen LogP contribution in [-0.2, 0) is 9.53 Å². The normalized spacial score (nSPS) is 14.2. The first-order valence-electron chi connectivity index (χ1n) is 12.7. The fraction of sp³-hybridized carbons (Fsp3) is 0.357. The van der Waals surface area contributed by atoms with Crippen molar-refractivity contribution in [3.63, 3.8) is 0 Å². The molecule has 0 radical (unpaired) electrons. The number of halogens is 1. The second-order valence-corrected chi connectivity index (χ2v) is 10.5. The Bertz CT molecular complexity index is 1520. The van der Waals surface area contributed by atoms with Crippen LogP contribution < -0.4 is 15.4 Å². The van der Waals surface area contributed by atoms with E-state index in [2.05, 4.69) is 20.9 Å². The molecule has 1 aliphatic carbocycles. The maximum atomic E-state index is 14.7. The smallest absolute Gasteiger partial charge is 0.408 e. The lowest BCUT2D eigenvalue weighted by Crippen LogP contribution is -2.37. The average Bonchev–Trinajstić information content (AvgIpc) is 3.55. The Hall–Kier alpha value is -4.41. The molecule has 3 aromatic heterocycles. The van der Waals surface area contributed by atoms with Gasteiger partial charge in [0.2, 0.25) is 5.91 Å². The van der Waals surface area contributed by atoms with Crippen LogP contribution in [0.2, 0.25) is 0 Å². The van der Waals surface area contributed by atoms with Crippen LogP contribution in [0.5, 0.6) is 5.88 Å². The van der Waals surface area contributed by atoms with Crippen molar-refractivity contribution in [2.24, 2.45) is 5.92 Å². The maximum Gasteiger partial charge on any atom is 0.408 e. The highest BCUT2D eigenvalue weighted by atomic mass is 19.1. The fourth-order valence-electron chi connectivity index (χ4n) is 4.14. The van der Waals surface area contributed by atoms with Crippen molar-refractivity contribution < 1.29 is 28.0 Å². The standard InChI is InChI=1S/C28H30FN5O5/c1-16-24(18-11-12-34-19(13-18)14-23(32-34)31-25(35)17-9-10-17)26(33-39-16)37-15-22(20-7-5-6-8-21(20)29)30-27(36)38-28(2,3)4/h5-8,11-14,17,22H,9-10,15H2,1-4H3,(H,30,36)(H,31,32,35)/t22-/m1/s1. The van der Waals surface area contributed by atoms with Crippen molar-refractivity contribution in [2.45, 2.75) is 52.2 Å². The van der Waals surface area contributed by atoms with Gasteiger partial charge in [-0.2, -0.15) is 5.10 Å². The first kappa shape index (κ1) is 26.2. The summed E-state index contributed by atoms with van der Waals surface area (Å²) in [5.41, 5.74) is 1.62. The van der Waals surface area contributed by atoms with Crippen molar-refractivity contribution >= 4 is 23.3 Å². The van der Waals surface area contributed by atoms with Crippen LogP contribution in [0, 0.1) is 18.7 Å². The minimum absolute atomic E-state index is 0.0198. The van der Waals surface area contributed by atoms with Crippen LogP contribution in [0.3, 0.4) is 0 Å². The molecule has 3 heterocycles. The molecule has 0 saturated heterocycles. The molecule has 11 heteroatoms. The molecule has 1 saturated carbocycles. The van der Waals surface area contributed by atoms with E-state index in [1.165, 1.54) is 6.07 Å². The first-order chi connectivity index (χ1) is 18.6. The van der Waals surface area contributed by atoms with Gasteiger partial charge in [0.25, 0.3) is 5.88 Å². The average molecular weight is 536 g/mol. The molecule has 2 amide bonds. The summed E-state index contributed by atoms with van der Waals surface area (Å²) in [6, 6.07) is 10.8. The van der Waals surface area contributed by atoms with Gasteiger partial charge in [-0.05, 0) is 69.5 Å². The van der Waals surface area contributed by atoms with Gasteiger partial charge >= 0.3 is 6.09 Å². The molecular formula is C28H30FN5O5. The Morgan fingerprint density at radius 1 is 1.21 bits per heavy atom. The lowest BCUT2D eigenvalue weighted by molar-refractivity contribution is -0.117. The van der Waals surface area contributed by atoms with Gasteiger partial charge in [-0.3, -0.25) is 4.79 Å². The number of anilines is 1. The van der Waals surface area contributed by atoms with Gasteiger partial charge in [0.1, 0.15) is 23.8 Å². The van der Waals surface area contributed by atoms with Crippen molar-refractivity contribution in [3.05, 3.63) is 65.8 Å². The second-order valence-electron chi connectivity index (χ2n) is 10.5. The van der Waals surface area contributed by atoms with Gasteiger partial charge < -0.3 is 24.6 Å². The quantitative estimate of drug-likeness (QED) is 0.309. The Balaban J connectivity index is 1.37. The Morgan fingerprint density at radius 3 is 2.69 bits per heavy atom. The number of hydrogen-bond acceptors (Lipinski definition) is 7. The van der Waals surface area contributed by atoms with Crippen molar-refractivity contribution in [1.29, 1.82) is 0 Å². The molecule has 1 aromatic carbocycles. The summed E-state index contributed by atoms with van der Waals surface area (Å²) in [5, 5.41) is 14.0. The van der Waals surface area contributed by atoms with Gasteiger partial charge in [-0.1, -0.05) is 18.2 Å². The summed E-state index contributed by atoms with van der Waals surface area (Å²) >= 11 is 0. The number of ether oxygens (including phenoxy) is 2. The Morgan fingerprint density at radius 2 is 1.97 bits per heavy atom. The third-order valence-electron chi connectivity index (χ3n) is 6.14. The number of amides is 2. The predicted octanol–water partition coefficient (Wildman–Crippen LogP) is 5.43. The molecule has 0 unspecified atom stereocenters. The van der Waals surface area contributed by atoms with Crippen LogP contribution in [0.15, 0.2) is 53.2 Å². The summed E-state index contributed by atoms with van der Waals surface area (Å²) in [7, 11) is 0. The van der Waals surface area contributed by atoms with E-state index in [1.807, 2.05) is 12.1 Å². The van der Waals surface area contributed by atoms with Crippen LogP contribution in [0.1, 0.15) is 51.0 Å². The first-order valence-corrected chi connectivity index (χ1v) is 12.7. The van der Waals surface area contributed by atoms with E-state index in [0.29, 0.717) is 17.1 Å². The van der Waals surface area contributed by atoms with E-state index in [1.54, 1.807) is 62.7 Å². The highest BCUT2D eigenvalue weighted by molar-refractivity contribution is 5.93. The summed E-state index contributed by atoms with van der Waals surface area (Å²) in [4.78, 5) is 24.6. The molecular weight excluding hydrogens is 505 g/mol. The number of aryl methyl sites for hydroxylation is 1. The van der Waals surface area contributed by atoms with Gasteiger partial charge in [-0.25, -0.2) is 13.7 Å². The number of rotatable bonds is 8. The zero-order chi connectivity index (χ0) is 27.7. The third kappa shape index (κ3) is 6.19. The van der Waals surface area contributed by atoms with Gasteiger partial charge in [0.05, 0.1) is 17.1 Å². The van der Waals surface area contributed by atoms with Gasteiger partial charge in [0.15, 0.2) is 5.82 Å². The molecule has 39 heavy (non-hydrogen) atoms. The number of fused-ring (bicyclic) bond motifs is 1. The van der Waals surface area contributed by atoms with E-state index in [9.17, 15) is 14.0 Å². The molecule has 1 atom stereocenters. The summed E-state index contributed by atoms with van der Waals surface area (Å²) in [6.45, 7) is 6.85. The number of benzene rings is 1. The number of carbonyl (C=O) groups excluding carboxylic acids is 2. The topological polar surface area (TPSA) is 120 Å². The molecule has 4 aromatic rings. The number of aromatic nitrogens is 3. The zero-order valence-electron chi connectivity index (χ0n) is 22.2.